The summed E-state index contributed by atoms with van der Waals surface area (Å²) in [5.41, 5.74) is 3.65. The first kappa shape index (κ1) is 10.5. The van der Waals surface area contributed by atoms with E-state index < -0.39 is 0 Å². The first-order valence-corrected chi connectivity index (χ1v) is 4.40. The van der Waals surface area contributed by atoms with Gasteiger partial charge < -0.3 is 4.74 Å². The maximum atomic E-state index is 11.2. The highest BCUT2D eigenvalue weighted by Gasteiger charge is 2.07. The summed E-state index contributed by atoms with van der Waals surface area (Å²) >= 11 is 0. The highest BCUT2D eigenvalue weighted by molar-refractivity contribution is 5.94. The van der Waals surface area contributed by atoms with E-state index in [0.29, 0.717) is 11.3 Å². The summed E-state index contributed by atoms with van der Waals surface area (Å²) in [7, 11) is 1.58. The van der Waals surface area contributed by atoms with Gasteiger partial charge in [0.2, 0.25) is 0 Å². The third-order valence-corrected chi connectivity index (χ3v) is 2.06. The van der Waals surface area contributed by atoms with E-state index in [1.54, 1.807) is 19.2 Å². The summed E-state index contributed by atoms with van der Waals surface area (Å²) in [6.07, 6.45) is 0.869. The molecule has 0 spiro atoms. The molecule has 1 aromatic carbocycles. The van der Waals surface area contributed by atoms with Crippen LogP contribution in [0.15, 0.2) is 18.2 Å². The molecule has 1 rings (SSSR count). The van der Waals surface area contributed by atoms with Crippen molar-refractivity contribution in [2.45, 2.75) is 13.3 Å². The Labute approximate surface area is 83.0 Å². The maximum Gasteiger partial charge on any atom is 0.265 e. The molecule has 0 aliphatic heterocycles. The Bertz CT molecular complexity index is 337. The average Bonchev–Trinajstić information content (AvgIpc) is 2.26. The largest absolute Gasteiger partial charge is 0.496 e. The minimum atomic E-state index is -0.314. The van der Waals surface area contributed by atoms with Crippen LogP contribution in [0.4, 0.5) is 0 Å². The van der Waals surface area contributed by atoms with Gasteiger partial charge in [-0.1, -0.05) is 13.0 Å². The van der Waals surface area contributed by atoms with Gasteiger partial charge in [-0.2, -0.15) is 0 Å². The van der Waals surface area contributed by atoms with Crippen molar-refractivity contribution < 1.29 is 9.53 Å². The van der Waals surface area contributed by atoms with Crippen molar-refractivity contribution in [2.24, 2.45) is 5.84 Å². The van der Waals surface area contributed by atoms with Crippen molar-refractivity contribution in [2.75, 3.05) is 7.11 Å². The molecule has 14 heavy (non-hydrogen) atoms. The van der Waals surface area contributed by atoms with E-state index in [4.69, 9.17) is 10.6 Å². The number of methoxy groups -OCH3 is 1. The van der Waals surface area contributed by atoms with Crippen molar-refractivity contribution in [3.05, 3.63) is 29.3 Å². The van der Waals surface area contributed by atoms with E-state index in [0.717, 1.165) is 12.0 Å². The highest BCUT2D eigenvalue weighted by Crippen LogP contribution is 2.20. The van der Waals surface area contributed by atoms with Crippen LogP contribution < -0.4 is 16.0 Å². The van der Waals surface area contributed by atoms with Crippen LogP contribution in [-0.4, -0.2) is 13.0 Å². The lowest BCUT2D eigenvalue weighted by atomic mass is 10.1. The fourth-order valence-electron chi connectivity index (χ4n) is 1.26. The van der Waals surface area contributed by atoms with E-state index in [2.05, 4.69) is 5.43 Å². The second-order valence-electron chi connectivity index (χ2n) is 2.85. The lowest BCUT2D eigenvalue weighted by Crippen LogP contribution is -2.29. The molecule has 0 saturated carbocycles. The van der Waals surface area contributed by atoms with Gasteiger partial charge in [-0.15, -0.1) is 0 Å². The van der Waals surface area contributed by atoms with E-state index >= 15 is 0 Å². The topological polar surface area (TPSA) is 64.4 Å². The molecule has 0 heterocycles. The van der Waals surface area contributed by atoms with Gasteiger partial charge in [-0.3, -0.25) is 10.2 Å². The molecule has 0 radical (unpaired) electrons. The van der Waals surface area contributed by atoms with Crippen LogP contribution in [0.1, 0.15) is 22.8 Å². The summed E-state index contributed by atoms with van der Waals surface area (Å²) in [6.45, 7) is 2.03. The molecule has 0 aromatic heterocycles. The van der Waals surface area contributed by atoms with Crippen LogP contribution in [0.5, 0.6) is 5.75 Å². The number of carbonyl (C=O) groups excluding carboxylic acids is 1. The summed E-state index contributed by atoms with van der Waals surface area (Å²) < 4.78 is 5.15. The number of carbonyl (C=O) groups is 1. The minimum absolute atomic E-state index is 0.314. The van der Waals surface area contributed by atoms with Crippen LogP contribution in [0.25, 0.3) is 0 Å². The summed E-state index contributed by atoms with van der Waals surface area (Å²) in [5, 5.41) is 0. The third-order valence-electron chi connectivity index (χ3n) is 2.06. The number of rotatable bonds is 3. The molecule has 0 fully saturated rings. The summed E-state index contributed by atoms with van der Waals surface area (Å²) in [5.74, 6) is 5.43. The molecule has 76 valence electrons. The zero-order valence-electron chi connectivity index (χ0n) is 8.33. The number of ether oxygens (including phenoxy) is 1. The number of hydrogen-bond acceptors (Lipinski definition) is 3. The molecule has 4 nitrogen and oxygen atoms in total. The zero-order chi connectivity index (χ0) is 10.6. The lowest BCUT2D eigenvalue weighted by Gasteiger charge is -2.08. The van der Waals surface area contributed by atoms with Gasteiger partial charge in [0, 0.05) is 5.56 Å². The second-order valence-corrected chi connectivity index (χ2v) is 2.85. The second kappa shape index (κ2) is 4.62. The number of hydrogen-bond donors (Lipinski definition) is 2. The smallest absolute Gasteiger partial charge is 0.265 e. The van der Waals surface area contributed by atoms with Gasteiger partial charge >= 0.3 is 0 Å². The average molecular weight is 194 g/mol. The quantitative estimate of drug-likeness (QED) is 0.426. The van der Waals surface area contributed by atoms with E-state index in [9.17, 15) is 4.79 Å². The SMILES string of the molecule is CCc1ccc(C(=O)NN)cc1OC. The maximum absolute atomic E-state index is 11.2. The number of nitrogen functional groups attached to an aromatic ring is 1. The van der Waals surface area contributed by atoms with Gasteiger partial charge in [-0.25, -0.2) is 5.84 Å². The fraction of sp³-hybridized carbons (Fsp3) is 0.300. The lowest BCUT2D eigenvalue weighted by molar-refractivity contribution is 0.0953. The predicted molar refractivity (Wildman–Crippen MR) is 54.0 cm³/mol. The number of amides is 1. The van der Waals surface area contributed by atoms with Gasteiger partial charge in [-0.05, 0) is 24.1 Å². The van der Waals surface area contributed by atoms with Crippen LogP contribution in [0.3, 0.4) is 0 Å². The Hall–Kier alpha value is -1.55. The van der Waals surface area contributed by atoms with Crippen LogP contribution in [0.2, 0.25) is 0 Å². The Balaban J connectivity index is 3.07. The molecule has 1 amide bonds. The molecule has 4 heteroatoms. The number of nitrogens with two attached hydrogens (primary N) is 1. The molecule has 1 aromatic rings. The Kier molecular flexibility index (Phi) is 3.48. The first-order chi connectivity index (χ1) is 6.72. The number of benzene rings is 1. The molecule has 0 atom stereocenters. The van der Waals surface area contributed by atoms with Crippen molar-refractivity contribution >= 4 is 5.91 Å². The molecular formula is C10H14N2O2. The fourth-order valence-corrected chi connectivity index (χ4v) is 1.26. The predicted octanol–water partition coefficient (Wildman–Crippen LogP) is 0.861. The van der Waals surface area contributed by atoms with Crippen LogP contribution >= 0.6 is 0 Å². The normalized spacial score (nSPS) is 9.64. The Morgan fingerprint density at radius 1 is 1.57 bits per heavy atom. The molecule has 0 aliphatic carbocycles. The monoisotopic (exact) mass is 194 g/mol. The van der Waals surface area contributed by atoms with E-state index in [1.165, 1.54) is 0 Å². The van der Waals surface area contributed by atoms with Gasteiger partial charge in [0.05, 0.1) is 7.11 Å². The molecular weight excluding hydrogens is 180 g/mol. The van der Waals surface area contributed by atoms with E-state index in [1.807, 2.05) is 13.0 Å². The minimum Gasteiger partial charge on any atom is -0.496 e. The Morgan fingerprint density at radius 3 is 2.79 bits per heavy atom. The molecule has 0 unspecified atom stereocenters. The van der Waals surface area contributed by atoms with Crippen molar-refractivity contribution in [3.8, 4) is 5.75 Å². The van der Waals surface area contributed by atoms with Crippen molar-refractivity contribution in [3.63, 3.8) is 0 Å². The van der Waals surface area contributed by atoms with Crippen molar-refractivity contribution in [1.29, 1.82) is 0 Å². The Morgan fingerprint density at radius 2 is 2.29 bits per heavy atom. The van der Waals surface area contributed by atoms with Gasteiger partial charge in [0.1, 0.15) is 5.75 Å². The van der Waals surface area contributed by atoms with Crippen LogP contribution in [-0.2, 0) is 6.42 Å². The van der Waals surface area contributed by atoms with Gasteiger partial charge in [0.25, 0.3) is 5.91 Å². The number of nitrogens with one attached hydrogen (secondary N) is 1. The molecule has 0 saturated heterocycles. The van der Waals surface area contributed by atoms with Gasteiger partial charge in [0.15, 0.2) is 0 Å². The number of aryl methyl sites for hydroxylation is 1. The standard InChI is InChI=1S/C10H14N2O2/c1-3-7-4-5-8(10(13)12-11)6-9(7)14-2/h4-6H,3,11H2,1-2H3,(H,12,13). The number of hydrazine groups is 1. The molecule has 0 bridgehead atoms. The molecule has 0 aliphatic rings. The summed E-state index contributed by atoms with van der Waals surface area (Å²) in [6, 6.07) is 5.27. The third kappa shape index (κ3) is 2.03. The first-order valence-electron chi connectivity index (χ1n) is 4.40. The molecule has 3 N–H and O–H groups in total. The summed E-state index contributed by atoms with van der Waals surface area (Å²) in [4.78, 5) is 11.2. The zero-order valence-corrected chi connectivity index (χ0v) is 8.33. The van der Waals surface area contributed by atoms with Crippen molar-refractivity contribution in [1.82, 2.24) is 5.43 Å². The highest BCUT2D eigenvalue weighted by atomic mass is 16.5. The van der Waals surface area contributed by atoms with E-state index in [-0.39, 0.29) is 5.91 Å². The van der Waals surface area contributed by atoms with Crippen LogP contribution in [0, 0.1) is 0 Å².